The number of nitrogens with two attached hydrogens (primary N) is 1. The first-order valence-electron chi connectivity index (χ1n) is 5.93. The van der Waals surface area contributed by atoms with Crippen molar-refractivity contribution in [2.45, 2.75) is 0 Å². The predicted molar refractivity (Wildman–Crippen MR) is 87.2 cm³/mol. The molecular formula is C15H10Br2N2O. The van der Waals surface area contributed by atoms with E-state index < -0.39 is 0 Å². The highest BCUT2D eigenvalue weighted by molar-refractivity contribution is 9.10. The van der Waals surface area contributed by atoms with E-state index in [0.717, 1.165) is 25.6 Å². The number of rotatable bonds is 2. The first-order valence-corrected chi connectivity index (χ1v) is 7.51. The molecule has 0 radical (unpaired) electrons. The third kappa shape index (κ3) is 2.39. The van der Waals surface area contributed by atoms with Gasteiger partial charge in [-0.15, -0.1) is 0 Å². The molecule has 0 aliphatic heterocycles. The number of halogens is 2. The van der Waals surface area contributed by atoms with Crippen LogP contribution in [0.15, 0.2) is 62.0 Å². The molecular weight excluding hydrogens is 384 g/mol. The molecule has 0 aliphatic carbocycles. The van der Waals surface area contributed by atoms with E-state index in [4.69, 9.17) is 10.3 Å². The molecule has 2 aromatic carbocycles. The lowest BCUT2D eigenvalue weighted by atomic mass is 10.0. The highest BCUT2D eigenvalue weighted by Crippen LogP contribution is 2.39. The van der Waals surface area contributed by atoms with Crippen molar-refractivity contribution < 1.29 is 4.52 Å². The zero-order chi connectivity index (χ0) is 14.1. The fourth-order valence-electron chi connectivity index (χ4n) is 2.05. The Kier molecular flexibility index (Phi) is 3.63. The first-order chi connectivity index (χ1) is 9.66. The second kappa shape index (κ2) is 5.42. The van der Waals surface area contributed by atoms with Crippen molar-refractivity contribution >= 4 is 37.7 Å². The van der Waals surface area contributed by atoms with Crippen molar-refractivity contribution in [3.8, 4) is 22.5 Å². The fourth-order valence-corrected chi connectivity index (χ4v) is 2.92. The van der Waals surface area contributed by atoms with E-state index in [0.29, 0.717) is 11.6 Å². The minimum absolute atomic E-state index is 0.383. The molecule has 0 saturated heterocycles. The van der Waals surface area contributed by atoms with Crippen molar-refractivity contribution in [3.05, 3.63) is 57.5 Å². The van der Waals surface area contributed by atoms with Crippen molar-refractivity contribution in [2.24, 2.45) is 0 Å². The Morgan fingerprint density at radius 3 is 2.55 bits per heavy atom. The normalized spacial score (nSPS) is 10.7. The summed E-state index contributed by atoms with van der Waals surface area (Å²) in [6, 6.07) is 15.7. The van der Waals surface area contributed by atoms with Crippen molar-refractivity contribution in [1.29, 1.82) is 0 Å². The molecule has 0 saturated carbocycles. The van der Waals surface area contributed by atoms with Gasteiger partial charge in [0.05, 0.1) is 5.56 Å². The van der Waals surface area contributed by atoms with Crippen molar-refractivity contribution in [2.75, 3.05) is 5.73 Å². The lowest BCUT2D eigenvalue weighted by molar-refractivity contribution is 0.436. The van der Waals surface area contributed by atoms with Crippen LogP contribution in [-0.2, 0) is 0 Å². The number of hydrogen-bond donors (Lipinski definition) is 1. The summed E-state index contributed by atoms with van der Waals surface area (Å²) >= 11 is 6.99. The quantitative estimate of drug-likeness (QED) is 0.657. The van der Waals surface area contributed by atoms with Crippen LogP contribution in [0.3, 0.4) is 0 Å². The van der Waals surface area contributed by atoms with Crippen molar-refractivity contribution in [1.82, 2.24) is 5.16 Å². The highest BCUT2D eigenvalue weighted by atomic mass is 79.9. The lowest BCUT2D eigenvalue weighted by Gasteiger charge is -2.05. The van der Waals surface area contributed by atoms with E-state index in [1.807, 2.05) is 48.5 Å². The molecule has 3 aromatic rings. The van der Waals surface area contributed by atoms with Gasteiger partial charge in [0, 0.05) is 14.5 Å². The summed E-state index contributed by atoms with van der Waals surface area (Å²) in [6.07, 6.45) is 0. The maximum Gasteiger partial charge on any atom is 0.178 e. The van der Waals surface area contributed by atoms with Gasteiger partial charge in [0.15, 0.2) is 11.6 Å². The summed E-state index contributed by atoms with van der Waals surface area (Å²) in [5.41, 5.74) is 8.66. The molecule has 0 bridgehead atoms. The minimum atomic E-state index is 0.383. The van der Waals surface area contributed by atoms with Crippen LogP contribution in [0, 0.1) is 0 Å². The van der Waals surface area contributed by atoms with Crippen LogP contribution in [-0.4, -0.2) is 5.16 Å². The van der Waals surface area contributed by atoms with E-state index in [1.54, 1.807) is 0 Å². The molecule has 0 atom stereocenters. The van der Waals surface area contributed by atoms with Crippen LogP contribution in [0.25, 0.3) is 22.5 Å². The van der Waals surface area contributed by atoms with Crippen LogP contribution in [0.1, 0.15) is 0 Å². The molecule has 3 nitrogen and oxygen atoms in total. The second-order valence-electron chi connectivity index (χ2n) is 4.26. The predicted octanol–water partition coefficient (Wildman–Crippen LogP) is 5.12. The molecule has 0 fully saturated rings. The molecule has 100 valence electrons. The second-order valence-corrected chi connectivity index (χ2v) is 6.03. The molecule has 3 rings (SSSR count). The van der Waals surface area contributed by atoms with Gasteiger partial charge in [0.25, 0.3) is 0 Å². The zero-order valence-corrected chi connectivity index (χ0v) is 13.5. The third-order valence-corrected chi connectivity index (χ3v) is 4.14. The lowest BCUT2D eigenvalue weighted by Crippen LogP contribution is -1.89. The number of nitrogens with zero attached hydrogens (tertiary/aromatic N) is 1. The average Bonchev–Trinajstić information content (AvgIpc) is 2.81. The van der Waals surface area contributed by atoms with Gasteiger partial charge in [-0.3, -0.25) is 0 Å². The third-order valence-electron chi connectivity index (χ3n) is 2.95. The number of hydrogen-bond acceptors (Lipinski definition) is 3. The Bertz CT molecular complexity index is 768. The smallest absolute Gasteiger partial charge is 0.178 e. The maximum absolute atomic E-state index is 5.98. The van der Waals surface area contributed by atoms with Crippen LogP contribution < -0.4 is 5.73 Å². The van der Waals surface area contributed by atoms with E-state index in [2.05, 4.69) is 37.0 Å². The Morgan fingerprint density at radius 1 is 1.00 bits per heavy atom. The van der Waals surface area contributed by atoms with Gasteiger partial charge < -0.3 is 10.3 Å². The van der Waals surface area contributed by atoms with Gasteiger partial charge >= 0.3 is 0 Å². The molecule has 1 heterocycles. The Balaban J connectivity index is 2.23. The molecule has 0 spiro atoms. The van der Waals surface area contributed by atoms with Crippen LogP contribution in [0.2, 0.25) is 0 Å². The van der Waals surface area contributed by atoms with Gasteiger partial charge in [-0.25, -0.2) is 0 Å². The van der Waals surface area contributed by atoms with Gasteiger partial charge in [0.2, 0.25) is 0 Å². The monoisotopic (exact) mass is 392 g/mol. The molecule has 0 aliphatic rings. The van der Waals surface area contributed by atoms with E-state index in [9.17, 15) is 0 Å². The molecule has 0 unspecified atom stereocenters. The summed E-state index contributed by atoms with van der Waals surface area (Å²) in [7, 11) is 0. The van der Waals surface area contributed by atoms with Crippen LogP contribution in [0.4, 0.5) is 5.82 Å². The summed E-state index contributed by atoms with van der Waals surface area (Å²) in [5.74, 6) is 1.04. The molecule has 5 heteroatoms. The SMILES string of the molecule is Nc1noc(-c2ccccc2Br)c1-c1cccc(Br)c1. The first kappa shape index (κ1) is 13.4. The van der Waals surface area contributed by atoms with Crippen LogP contribution >= 0.6 is 31.9 Å². The highest BCUT2D eigenvalue weighted by Gasteiger charge is 2.19. The fraction of sp³-hybridized carbons (Fsp3) is 0. The van der Waals surface area contributed by atoms with Gasteiger partial charge in [-0.05, 0) is 29.8 Å². The maximum atomic E-state index is 5.98. The Hall–Kier alpha value is -1.59. The Morgan fingerprint density at radius 2 is 1.80 bits per heavy atom. The number of benzene rings is 2. The number of anilines is 1. The van der Waals surface area contributed by atoms with Gasteiger partial charge in [0.1, 0.15) is 0 Å². The van der Waals surface area contributed by atoms with E-state index >= 15 is 0 Å². The summed E-state index contributed by atoms with van der Waals surface area (Å²) in [4.78, 5) is 0. The molecule has 1 aromatic heterocycles. The minimum Gasteiger partial charge on any atom is -0.380 e. The number of nitrogen functional groups attached to an aromatic ring is 1. The van der Waals surface area contributed by atoms with Crippen molar-refractivity contribution in [3.63, 3.8) is 0 Å². The van der Waals surface area contributed by atoms with Gasteiger partial charge in [-0.2, -0.15) is 0 Å². The van der Waals surface area contributed by atoms with E-state index in [1.165, 1.54) is 0 Å². The zero-order valence-electron chi connectivity index (χ0n) is 10.3. The molecule has 2 N–H and O–H groups in total. The largest absolute Gasteiger partial charge is 0.380 e. The number of aromatic nitrogens is 1. The summed E-state index contributed by atoms with van der Waals surface area (Å²) in [5, 5.41) is 3.91. The molecule has 0 amide bonds. The van der Waals surface area contributed by atoms with Crippen LogP contribution in [0.5, 0.6) is 0 Å². The summed E-state index contributed by atoms with van der Waals surface area (Å²) in [6.45, 7) is 0. The average molecular weight is 394 g/mol. The summed E-state index contributed by atoms with van der Waals surface area (Å²) < 4.78 is 7.35. The van der Waals surface area contributed by atoms with Gasteiger partial charge in [-0.1, -0.05) is 61.3 Å². The van der Waals surface area contributed by atoms with E-state index in [-0.39, 0.29) is 0 Å². The standard InChI is InChI=1S/C15H10Br2N2O/c16-10-5-3-4-9(8-10)13-14(20-19-15(13)18)11-6-1-2-7-12(11)17/h1-8H,(H2,18,19). The Labute approximate surface area is 133 Å². The topological polar surface area (TPSA) is 52.0 Å². The molecule has 20 heavy (non-hydrogen) atoms.